The van der Waals surface area contributed by atoms with E-state index in [4.69, 9.17) is 21.1 Å². The quantitative estimate of drug-likeness (QED) is 0.599. The SMILES string of the molecule is COC(CNC(=O)C1CCC(CNS(=O)(=O)c2ccc(Cl)cc2)CC1)OC. The molecule has 0 spiro atoms. The summed E-state index contributed by atoms with van der Waals surface area (Å²) < 4.78 is 37.4. The van der Waals surface area contributed by atoms with Crippen LogP contribution in [0, 0.1) is 11.8 Å². The second kappa shape index (κ2) is 10.4. The van der Waals surface area contributed by atoms with Crippen LogP contribution in [0.15, 0.2) is 29.2 Å². The zero-order chi connectivity index (χ0) is 19.9. The Bertz CT molecular complexity index is 699. The van der Waals surface area contributed by atoms with E-state index < -0.39 is 16.3 Å². The molecule has 152 valence electrons. The molecule has 0 aliphatic heterocycles. The highest BCUT2D eigenvalue weighted by molar-refractivity contribution is 7.89. The molecular weight excluding hydrogens is 392 g/mol. The lowest BCUT2D eigenvalue weighted by molar-refractivity contribution is -0.132. The maximum absolute atomic E-state index is 12.3. The lowest BCUT2D eigenvalue weighted by Gasteiger charge is -2.28. The number of rotatable bonds is 9. The van der Waals surface area contributed by atoms with Crippen LogP contribution >= 0.6 is 11.6 Å². The molecule has 9 heteroatoms. The largest absolute Gasteiger partial charge is 0.354 e. The van der Waals surface area contributed by atoms with Gasteiger partial charge in [-0.25, -0.2) is 13.1 Å². The maximum Gasteiger partial charge on any atom is 0.240 e. The van der Waals surface area contributed by atoms with E-state index in [0.29, 0.717) is 18.1 Å². The summed E-state index contributed by atoms with van der Waals surface area (Å²) in [6.45, 7) is 0.682. The fourth-order valence-corrected chi connectivity index (χ4v) is 4.39. The molecule has 1 amide bonds. The average molecular weight is 419 g/mol. The van der Waals surface area contributed by atoms with Crippen LogP contribution in [-0.2, 0) is 24.3 Å². The van der Waals surface area contributed by atoms with E-state index >= 15 is 0 Å². The van der Waals surface area contributed by atoms with Crippen LogP contribution in [0.4, 0.5) is 0 Å². The molecule has 0 aromatic heterocycles. The molecule has 1 aliphatic carbocycles. The van der Waals surface area contributed by atoms with Crippen LogP contribution in [0.2, 0.25) is 5.02 Å². The highest BCUT2D eigenvalue weighted by Gasteiger charge is 2.27. The summed E-state index contributed by atoms with van der Waals surface area (Å²) in [4.78, 5) is 12.4. The average Bonchev–Trinajstić information content (AvgIpc) is 2.68. The summed E-state index contributed by atoms with van der Waals surface area (Å²) in [5.41, 5.74) is 0. The Morgan fingerprint density at radius 1 is 1.15 bits per heavy atom. The van der Waals surface area contributed by atoms with E-state index in [0.717, 1.165) is 25.7 Å². The van der Waals surface area contributed by atoms with E-state index in [1.807, 2.05) is 0 Å². The van der Waals surface area contributed by atoms with Crippen molar-refractivity contribution < 1.29 is 22.7 Å². The van der Waals surface area contributed by atoms with Crippen molar-refractivity contribution >= 4 is 27.5 Å². The molecule has 1 aliphatic rings. The monoisotopic (exact) mass is 418 g/mol. The summed E-state index contributed by atoms with van der Waals surface area (Å²) in [7, 11) is -0.497. The van der Waals surface area contributed by atoms with E-state index in [1.165, 1.54) is 26.4 Å². The van der Waals surface area contributed by atoms with Gasteiger partial charge in [0.25, 0.3) is 0 Å². The number of ether oxygens (including phenoxy) is 2. The number of halogens is 1. The van der Waals surface area contributed by atoms with Crippen molar-refractivity contribution in [3.63, 3.8) is 0 Å². The van der Waals surface area contributed by atoms with Crippen LogP contribution in [0.5, 0.6) is 0 Å². The van der Waals surface area contributed by atoms with Crippen LogP contribution in [0.3, 0.4) is 0 Å². The Morgan fingerprint density at radius 3 is 2.30 bits per heavy atom. The number of benzene rings is 1. The first kappa shape index (κ1) is 22.1. The number of hydrogen-bond donors (Lipinski definition) is 2. The normalized spacial score (nSPS) is 20.6. The van der Waals surface area contributed by atoms with Gasteiger partial charge in [0.05, 0.1) is 11.4 Å². The lowest BCUT2D eigenvalue weighted by atomic mass is 9.81. The zero-order valence-electron chi connectivity index (χ0n) is 15.6. The second-order valence-electron chi connectivity index (χ2n) is 6.67. The predicted molar refractivity (Wildman–Crippen MR) is 103 cm³/mol. The number of amides is 1. The van der Waals surface area contributed by atoms with Gasteiger partial charge in [-0.2, -0.15) is 0 Å². The third-order valence-corrected chi connectivity index (χ3v) is 6.56. The first-order valence-electron chi connectivity index (χ1n) is 8.94. The van der Waals surface area contributed by atoms with Crippen molar-refractivity contribution in [3.05, 3.63) is 29.3 Å². The predicted octanol–water partition coefficient (Wildman–Crippen LogP) is 2.16. The summed E-state index contributed by atoms with van der Waals surface area (Å²) in [5.74, 6) is 0.166. The Hall–Kier alpha value is -1.19. The van der Waals surface area contributed by atoms with Crippen molar-refractivity contribution in [1.29, 1.82) is 0 Å². The Kier molecular flexibility index (Phi) is 8.50. The number of sulfonamides is 1. The zero-order valence-corrected chi connectivity index (χ0v) is 17.2. The van der Waals surface area contributed by atoms with E-state index in [1.54, 1.807) is 12.1 Å². The van der Waals surface area contributed by atoms with Gasteiger partial charge in [0.1, 0.15) is 0 Å². The molecule has 0 unspecified atom stereocenters. The molecule has 0 saturated heterocycles. The summed E-state index contributed by atoms with van der Waals surface area (Å²) in [6, 6.07) is 6.08. The highest BCUT2D eigenvalue weighted by atomic mass is 35.5. The molecular formula is C18H27ClN2O5S. The fourth-order valence-electron chi connectivity index (χ4n) is 3.14. The van der Waals surface area contributed by atoms with E-state index in [-0.39, 0.29) is 22.6 Å². The van der Waals surface area contributed by atoms with Gasteiger partial charge in [-0.15, -0.1) is 0 Å². The van der Waals surface area contributed by atoms with Gasteiger partial charge in [-0.1, -0.05) is 11.6 Å². The van der Waals surface area contributed by atoms with Crippen LogP contribution in [-0.4, -0.2) is 47.9 Å². The van der Waals surface area contributed by atoms with Crippen molar-refractivity contribution in [2.75, 3.05) is 27.3 Å². The Labute approximate surface area is 165 Å². The number of hydrogen-bond acceptors (Lipinski definition) is 5. The van der Waals surface area contributed by atoms with Gasteiger partial charge in [0, 0.05) is 31.7 Å². The lowest BCUT2D eigenvalue weighted by Crippen LogP contribution is -2.39. The summed E-state index contributed by atoms with van der Waals surface area (Å²) in [6.07, 6.45) is 2.64. The molecule has 1 saturated carbocycles. The van der Waals surface area contributed by atoms with Crippen molar-refractivity contribution in [2.24, 2.45) is 11.8 Å². The molecule has 0 bridgehead atoms. The van der Waals surface area contributed by atoms with Gasteiger partial charge in [0.15, 0.2) is 6.29 Å². The first-order chi connectivity index (χ1) is 12.9. The molecule has 2 rings (SSSR count). The van der Waals surface area contributed by atoms with Crippen molar-refractivity contribution in [2.45, 2.75) is 36.9 Å². The Morgan fingerprint density at radius 2 is 1.74 bits per heavy atom. The molecule has 1 aromatic carbocycles. The van der Waals surface area contributed by atoms with Crippen LogP contribution < -0.4 is 10.0 Å². The number of methoxy groups -OCH3 is 2. The minimum atomic E-state index is -3.55. The molecule has 0 radical (unpaired) electrons. The minimum absolute atomic E-state index is 0.00528. The van der Waals surface area contributed by atoms with Gasteiger partial charge < -0.3 is 14.8 Å². The number of carbonyl (C=O) groups is 1. The second-order valence-corrected chi connectivity index (χ2v) is 8.87. The summed E-state index contributed by atoms with van der Waals surface area (Å²) in [5, 5.41) is 3.33. The first-order valence-corrected chi connectivity index (χ1v) is 10.8. The summed E-state index contributed by atoms with van der Waals surface area (Å²) >= 11 is 5.79. The minimum Gasteiger partial charge on any atom is -0.354 e. The molecule has 0 atom stereocenters. The molecule has 0 heterocycles. The van der Waals surface area contributed by atoms with Crippen molar-refractivity contribution in [3.8, 4) is 0 Å². The molecule has 7 nitrogen and oxygen atoms in total. The smallest absolute Gasteiger partial charge is 0.240 e. The van der Waals surface area contributed by atoms with Gasteiger partial charge in [-0.05, 0) is 55.9 Å². The third kappa shape index (κ3) is 6.73. The third-order valence-electron chi connectivity index (χ3n) is 4.87. The van der Waals surface area contributed by atoms with Gasteiger partial charge in [0.2, 0.25) is 15.9 Å². The molecule has 1 fully saturated rings. The maximum atomic E-state index is 12.3. The topological polar surface area (TPSA) is 93.7 Å². The number of carbonyl (C=O) groups excluding carboxylic acids is 1. The Balaban J connectivity index is 1.75. The van der Waals surface area contributed by atoms with Gasteiger partial charge >= 0.3 is 0 Å². The van der Waals surface area contributed by atoms with E-state index in [2.05, 4.69) is 10.0 Å². The number of nitrogens with one attached hydrogen (secondary N) is 2. The highest BCUT2D eigenvalue weighted by Crippen LogP contribution is 2.29. The molecule has 1 aromatic rings. The standard InChI is InChI=1S/C18H27ClN2O5S/c1-25-17(26-2)12-20-18(22)14-5-3-13(4-6-14)11-21-27(23,24)16-9-7-15(19)8-10-16/h7-10,13-14,17,21H,3-6,11-12H2,1-2H3,(H,20,22). The fraction of sp³-hybridized carbons (Fsp3) is 0.611. The van der Waals surface area contributed by atoms with E-state index in [9.17, 15) is 13.2 Å². The van der Waals surface area contributed by atoms with Gasteiger partial charge in [-0.3, -0.25) is 4.79 Å². The van der Waals surface area contributed by atoms with Crippen LogP contribution in [0.1, 0.15) is 25.7 Å². The van der Waals surface area contributed by atoms with Crippen molar-refractivity contribution in [1.82, 2.24) is 10.0 Å². The molecule has 27 heavy (non-hydrogen) atoms. The van der Waals surface area contributed by atoms with Crippen LogP contribution in [0.25, 0.3) is 0 Å². The molecule has 2 N–H and O–H groups in total.